The third-order valence-electron chi connectivity index (χ3n) is 2.71. The predicted molar refractivity (Wildman–Crippen MR) is 70.3 cm³/mol. The summed E-state index contributed by atoms with van der Waals surface area (Å²) in [5.41, 5.74) is 4.71. The molecule has 0 radical (unpaired) electrons. The lowest BCUT2D eigenvalue weighted by Crippen LogP contribution is -2.61. The summed E-state index contributed by atoms with van der Waals surface area (Å²) < 4.78 is 25.7. The molecule has 1 aromatic rings. The highest BCUT2D eigenvalue weighted by Crippen LogP contribution is 2.38. The van der Waals surface area contributed by atoms with Gasteiger partial charge < -0.3 is 10.8 Å². The van der Waals surface area contributed by atoms with Crippen LogP contribution in [0.4, 0.5) is 5.69 Å². The van der Waals surface area contributed by atoms with Gasteiger partial charge in [0.15, 0.2) is 0 Å². The summed E-state index contributed by atoms with van der Waals surface area (Å²) in [6.45, 7) is 1.58. The van der Waals surface area contributed by atoms with E-state index in [1.54, 1.807) is 6.92 Å². The van der Waals surface area contributed by atoms with Crippen molar-refractivity contribution in [2.45, 2.75) is 17.4 Å². The van der Waals surface area contributed by atoms with Gasteiger partial charge in [0, 0.05) is 13.1 Å². The van der Waals surface area contributed by atoms with Crippen LogP contribution in [0.2, 0.25) is 10.0 Å². The molecule has 18 heavy (non-hydrogen) atoms. The Morgan fingerprint density at radius 1 is 1.39 bits per heavy atom. The van der Waals surface area contributed by atoms with Crippen molar-refractivity contribution in [1.82, 2.24) is 4.31 Å². The summed E-state index contributed by atoms with van der Waals surface area (Å²) in [5, 5.41) is 9.52. The van der Waals surface area contributed by atoms with Crippen LogP contribution in [0.5, 0.6) is 0 Å². The third-order valence-corrected chi connectivity index (χ3v) is 5.54. The molecule has 0 bridgehead atoms. The first-order valence-electron chi connectivity index (χ1n) is 5.11. The molecule has 1 heterocycles. The fourth-order valence-electron chi connectivity index (χ4n) is 1.80. The lowest BCUT2D eigenvalue weighted by molar-refractivity contribution is -0.0426. The zero-order valence-corrected chi connectivity index (χ0v) is 11.8. The molecule has 1 saturated heterocycles. The van der Waals surface area contributed by atoms with E-state index in [4.69, 9.17) is 28.9 Å². The number of anilines is 1. The number of hydrogen-bond donors (Lipinski definition) is 2. The molecular formula is C10H12Cl2N2O3S. The van der Waals surface area contributed by atoms with E-state index in [0.29, 0.717) is 0 Å². The number of benzene rings is 1. The molecule has 0 atom stereocenters. The van der Waals surface area contributed by atoms with Crippen molar-refractivity contribution in [3.63, 3.8) is 0 Å². The standard InChI is InChI=1S/C10H12Cl2N2O3S/c1-10(15)4-14(5-10)18(16,17)9-6(11)2-3-7(13)8(9)12/h2-3,15H,4-5,13H2,1H3. The molecule has 8 heteroatoms. The molecule has 1 aliphatic rings. The zero-order chi connectivity index (χ0) is 13.7. The summed E-state index contributed by atoms with van der Waals surface area (Å²) in [4.78, 5) is -0.207. The average molecular weight is 311 g/mol. The number of nitrogen functional groups attached to an aromatic ring is 1. The van der Waals surface area contributed by atoms with E-state index in [1.807, 2.05) is 0 Å². The van der Waals surface area contributed by atoms with Crippen LogP contribution < -0.4 is 5.73 Å². The fraction of sp³-hybridized carbons (Fsp3) is 0.400. The van der Waals surface area contributed by atoms with Gasteiger partial charge in [0.1, 0.15) is 4.90 Å². The van der Waals surface area contributed by atoms with Gasteiger partial charge in [0.05, 0.1) is 21.3 Å². The van der Waals surface area contributed by atoms with E-state index >= 15 is 0 Å². The Balaban J connectivity index is 2.47. The maximum atomic E-state index is 12.3. The number of rotatable bonds is 2. The smallest absolute Gasteiger partial charge is 0.246 e. The molecule has 1 aromatic carbocycles. The van der Waals surface area contributed by atoms with E-state index in [9.17, 15) is 13.5 Å². The van der Waals surface area contributed by atoms with Crippen LogP contribution in [0.15, 0.2) is 17.0 Å². The quantitative estimate of drug-likeness (QED) is 0.807. The Labute approximate surface area is 115 Å². The summed E-state index contributed by atoms with van der Waals surface area (Å²) in [5.74, 6) is 0. The van der Waals surface area contributed by atoms with Crippen LogP contribution in [0, 0.1) is 0 Å². The Bertz CT molecular complexity index is 593. The van der Waals surface area contributed by atoms with Gasteiger partial charge in [0.2, 0.25) is 10.0 Å². The second kappa shape index (κ2) is 4.25. The molecule has 0 spiro atoms. The summed E-state index contributed by atoms with van der Waals surface area (Å²) in [6, 6.07) is 2.82. The number of sulfonamides is 1. The molecule has 100 valence electrons. The number of nitrogens with two attached hydrogens (primary N) is 1. The van der Waals surface area contributed by atoms with E-state index < -0.39 is 15.6 Å². The largest absolute Gasteiger partial charge is 0.397 e. The highest BCUT2D eigenvalue weighted by molar-refractivity contribution is 7.89. The van der Waals surface area contributed by atoms with Gasteiger partial charge in [-0.15, -0.1) is 0 Å². The Morgan fingerprint density at radius 3 is 2.44 bits per heavy atom. The first kappa shape index (κ1) is 13.9. The van der Waals surface area contributed by atoms with Crippen molar-refractivity contribution < 1.29 is 13.5 Å². The Kier molecular flexibility index (Phi) is 3.28. The molecule has 0 saturated carbocycles. The topological polar surface area (TPSA) is 83.6 Å². The highest BCUT2D eigenvalue weighted by Gasteiger charge is 2.45. The van der Waals surface area contributed by atoms with Crippen LogP contribution >= 0.6 is 23.2 Å². The van der Waals surface area contributed by atoms with Gasteiger partial charge in [-0.25, -0.2) is 8.42 Å². The Hall–Kier alpha value is -0.530. The highest BCUT2D eigenvalue weighted by atomic mass is 35.5. The SMILES string of the molecule is CC1(O)CN(S(=O)(=O)c2c(Cl)ccc(N)c2Cl)C1. The summed E-state index contributed by atoms with van der Waals surface area (Å²) >= 11 is 11.8. The first-order chi connectivity index (χ1) is 8.15. The zero-order valence-electron chi connectivity index (χ0n) is 9.52. The molecular weight excluding hydrogens is 299 g/mol. The van der Waals surface area contributed by atoms with Crippen molar-refractivity contribution in [1.29, 1.82) is 0 Å². The van der Waals surface area contributed by atoms with Gasteiger partial charge in [0.25, 0.3) is 0 Å². The second-order valence-corrected chi connectivity index (χ2v) is 7.21. The van der Waals surface area contributed by atoms with Crippen molar-refractivity contribution in [3.8, 4) is 0 Å². The number of halogens is 2. The van der Waals surface area contributed by atoms with E-state index in [1.165, 1.54) is 12.1 Å². The first-order valence-corrected chi connectivity index (χ1v) is 7.31. The maximum absolute atomic E-state index is 12.3. The average Bonchev–Trinajstić information content (AvgIpc) is 2.20. The van der Waals surface area contributed by atoms with Gasteiger partial charge >= 0.3 is 0 Å². The number of β-amino-alcohol motifs (C(OH)–C–C–N with tert-alkyl or cyclic N) is 1. The lowest BCUT2D eigenvalue weighted by atomic mass is 10.0. The van der Waals surface area contributed by atoms with Gasteiger partial charge in [-0.05, 0) is 19.1 Å². The number of nitrogens with zero attached hydrogens (tertiary/aromatic N) is 1. The van der Waals surface area contributed by atoms with Crippen molar-refractivity contribution in [3.05, 3.63) is 22.2 Å². The van der Waals surface area contributed by atoms with Crippen molar-refractivity contribution in [2.24, 2.45) is 0 Å². The van der Waals surface area contributed by atoms with Crippen LogP contribution in [-0.2, 0) is 10.0 Å². The van der Waals surface area contributed by atoms with Gasteiger partial charge in [-0.1, -0.05) is 23.2 Å². The number of hydrogen-bond acceptors (Lipinski definition) is 4. The van der Waals surface area contributed by atoms with Gasteiger partial charge in [-0.2, -0.15) is 4.31 Å². The van der Waals surface area contributed by atoms with E-state index in [-0.39, 0.29) is 33.7 Å². The second-order valence-electron chi connectivity index (χ2n) is 4.55. The maximum Gasteiger partial charge on any atom is 0.246 e. The minimum Gasteiger partial charge on any atom is -0.397 e. The van der Waals surface area contributed by atoms with Crippen LogP contribution in [0.3, 0.4) is 0 Å². The monoisotopic (exact) mass is 310 g/mol. The summed E-state index contributed by atoms with van der Waals surface area (Å²) in [7, 11) is -3.83. The molecule has 5 nitrogen and oxygen atoms in total. The van der Waals surface area contributed by atoms with E-state index in [2.05, 4.69) is 0 Å². The molecule has 1 aliphatic heterocycles. The van der Waals surface area contributed by atoms with Crippen LogP contribution in [0.1, 0.15) is 6.92 Å². The number of aliphatic hydroxyl groups is 1. The summed E-state index contributed by atoms with van der Waals surface area (Å²) in [6.07, 6.45) is 0. The van der Waals surface area contributed by atoms with E-state index in [0.717, 1.165) is 4.31 Å². The molecule has 3 N–H and O–H groups in total. The molecule has 2 rings (SSSR count). The lowest BCUT2D eigenvalue weighted by Gasteiger charge is -2.43. The minimum absolute atomic E-state index is 0.0107. The Morgan fingerprint density at radius 2 is 1.94 bits per heavy atom. The minimum atomic E-state index is -3.83. The molecule has 0 aromatic heterocycles. The predicted octanol–water partition coefficient (Wildman–Crippen LogP) is 1.33. The fourth-order valence-corrected chi connectivity index (χ4v) is 4.57. The van der Waals surface area contributed by atoms with Crippen molar-refractivity contribution >= 4 is 38.9 Å². The molecule has 0 aliphatic carbocycles. The molecule has 0 amide bonds. The van der Waals surface area contributed by atoms with Crippen LogP contribution in [-0.4, -0.2) is 36.5 Å². The molecule has 1 fully saturated rings. The normalized spacial score (nSPS) is 19.6. The molecule has 0 unspecified atom stereocenters. The van der Waals surface area contributed by atoms with Gasteiger partial charge in [-0.3, -0.25) is 0 Å². The third kappa shape index (κ3) is 2.19. The van der Waals surface area contributed by atoms with Crippen molar-refractivity contribution in [2.75, 3.05) is 18.8 Å². The van der Waals surface area contributed by atoms with Crippen LogP contribution in [0.25, 0.3) is 0 Å².